The van der Waals surface area contributed by atoms with Crippen molar-refractivity contribution in [1.29, 1.82) is 0 Å². The maximum Gasteiger partial charge on any atom is 0.471 e. The molecular weight excluding hydrogens is 669 g/mol. The van der Waals surface area contributed by atoms with Crippen LogP contribution in [-0.2, 0) is 23.1 Å². The Labute approximate surface area is 321 Å². The second-order valence-electron chi connectivity index (χ2n) is 14.9. The average Bonchev–Trinajstić information content (AvgIpc) is 3.53. The van der Waals surface area contributed by atoms with Crippen LogP contribution in [0.25, 0.3) is 0 Å². The number of rotatable bonds is 37. The summed E-state index contributed by atoms with van der Waals surface area (Å²) in [5.74, 6) is -0.483. The van der Waals surface area contributed by atoms with Crippen molar-refractivity contribution in [2.45, 2.75) is 193 Å². The summed E-state index contributed by atoms with van der Waals surface area (Å²) in [6, 6.07) is 0. The summed E-state index contributed by atoms with van der Waals surface area (Å²) in [7, 11) is -0.795. The summed E-state index contributed by atoms with van der Waals surface area (Å²) >= 11 is 0. The van der Waals surface area contributed by atoms with Gasteiger partial charge in [-0.15, -0.1) is 0 Å². The molecule has 0 bridgehead atoms. The Kier molecular flexibility index (Phi) is 32.4. The zero-order chi connectivity index (χ0) is 37.9. The van der Waals surface area contributed by atoms with Crippen molar-refractivity contribution >= 4 is 7.82 Å². The van der Waals surface area contributed by atoms with Crippen LogP contribution in [0.3, 0.4) is 0 Å². The summed E-state index contributed by atoms with van der Waals surface area (Å²) in [6.07, 6.45) is 50.4. The molecule has 1 fully saturated rings. The van der Waals surface area contributed by atoms with E-state index in [1.165, 1.54) is 136 Å². The minimum absolute atomic E-state index is 0.0115. The standard InChI is InChI=1S/C44H82NO6P/c1-5-7-9-11-13-15-17-19-21-23-25-27-29-31-33-35-37-44(49-42-43(51-44)41-45(3)39-40-50-52(46,47)48-4)38-36-34-32-30-28-26-24-22-20-18-16-14-12-10-8-6-2/h13-16,19-22,43H,5-12,17-18,23-42H2,1-4H3,(H,46,47)/b15-13-,16-14-,21-19-,22-20-/t43-/m1/s1. The van der Waals surface area contributed by atoms with Gasteiger partial charge in [0.15, 0.2) is 5.79 Å². The monoisotopic (exact) mass is 752 g/mol. The lowest BCUT2D eigenvalue weighted by atomic mass is 9.98. The minimum atomic E-state index is -3.95. The van der Waals surface area contributed by atoms with Crippen molar-refractivity contribution in [2.24, 2.45) is 0 Å². The molecule has 0 aromatic carbocycles. The van der Waals surface area contributed by atoms with E-state index in [9.17, 15) is 9.46 Å². The first-order valence-electron chi connectivity index (χ1n) is 21.5. The van der Waals surface area contributed by atoms with Crippen LogP contribution in [0.15, 0.2) is 48.6 Å². The number of unbranched alkanes of at least 4 members (excludes halogenated alkanes) is 18. The molecule has 0 aromatic rings. The number of allylic oxidation sites excluding steroid dienone is 8. The molecule has 1 N–H and O–H groups in total. The average molecular weight is 752 g/mol. The van der Waals surface area contributed by atoms with Crippen LogP contribution in [0.2, 0.25) is 0 Å². The molecule has 1 saturated heterocycles. The topological polar surface area (TPSA) is 77.5 Å². The molecular formula is C44H82NO6P. The molecule has 8 heteroatoms. The minimum Gasteiger partial charge on any atom is -0.347 e. The number of hydrogen-bond donors (Lipinski definition) is 1. The molecule has 52 heavy (non-hydrogen) atoms. The zero-order valence-electron chi connectivity index (χ0n) is 34.3. The summed E-state index contributed by atoms with van der Waals surface area (Å²) in [5, 5.41) is 0. The highest BCUT2D eigenvalue weighted by molar-refractivity contribution is 7.47. The van der Waals surface area contributed by atoms with Gasteiger partial charge >= 0.3 is 7.82 Å². The number of ether oxygens (including phenoxy) is 2. The van der Waals surface area contributed by atoms with Gasteiger partial charge in [-0.05, 0) is 84.1 Å². The van der Waals surface area contributed by atoms with Crippen LogP contribution in [0, 0.1) is 0 Å². The van der Waals surface area contributed by atoms with Crippen LogP contribution in [0.5, 0.6) is 0 Å². The quantitative estimate of drug-likeness (QED) is 0.0385. The first-order chi connectivity index (χ1) is 25.4. The largest absolute Gasteiger partial charge is 0.471 e. The van der Waals surface area contributed by atoms with Gasteiger partial charge in [-0.2, -0.15) is 0 Å². The van der Waals surface area contributed by atoms with Gasteiger partial charge in [-0.1, -0.05) is 140 Å². The van der Waals surface area contributed by atoms with E-state index in [2.05, 4.69) is 71.9 Å². The second-order valence-corrected chi connectivity index (χ2v) is 16.4. The van der Waals surface area contributed by atoms with Crippen LogP contribution >= 0.6 is 7.82 Å². The van der Waals surface area contributed by atoms with E-state index >= 15 is 0 Å². The molecule has 2 atom stereocenters. The lowest BCUT2D eigenvalue weighted by Crippen LogP contribution is -2.36. The summed E-state index contributed by atoms with van der Waals surface area (Å²) in [4.78, 5) is 11.6. The Balaban J connectivity index is 2.34. The van der Waals surface area contributed by atoms with E-state index in [-0.39, 0.29) is 12.7 Å². The highest BCUT2D eigenvalue weighted by atomic mass is 31.2. The Morgan fingerprint density at radius 2 is 1.10 bits per heavy atom. The molecule has 1 aliphatic rings. The number of phosphoric ester groups is 1. The number of likely N-dealkylation sites (N-methyl/N-ethyl adjacent to an activating group) is 1. The van der Waals surface area contributed by atoms with E-state index in [0.717, 1.165) is 38.5 Å². The lowest BCUT2D eigenvalue weighted by Gasteiger charge is -2.29. The van der Waals surface area contributed by atoms with Gasteiger partial charge in [0.05, 0.1) is 19.3 Å². The first-order valence-corrected chi connectivity index (χ1v) is 23.0. The van der Waals surface area contributed by atoms with E-state index in [0.29, 0.717) is 19.7 Å². The predicted molar refractivity (Wildman–Crippen MR) is 222 cm³/mol. The molecule has 1 unspecified atom stereocenters. The van der Waals surface area contributed by atoms with Crippen molar-refractivity contribution in [3.63, 3.8) is 0 Å². The fourth-order valence-corrected chi connectivity index (χ4v) is 7.08. The smallest absolute Gasteiger partial charge is 0.347 e. The van der Waals surface area contributed by atoms with Gasteiger partial charge in [0.2, 0.25) is 0 Å². The molecule has 1 rings (SSSR count). The summed E-state index contributed by atoms with van der Waals surface area (Å²) in [6.45, 7) is 6.43. The number of hydrogen-bond acceptors (Lipinski definition) is 6. The summed E-state index contributed by atoms with van der Waals surface area (Å²) in [5.41, 5.74) is 0. The third kappa shape index (κ3) is 29.3. The van der Waals surface area contributed by atoms with Crippen LogP contribution in [-0.4, -0.2) is 62.1 Å². The van der Waals surface area contributed by atoms with Gasteiger partial charge in [0, 0.05) is 33.0 Å². The fraction of sp³-hybridized carbons (Fsp3) is 0.818. The van der Waals surface area contributed by atoms with Gasteiger partial charge in [0.25, 0.3) is 0 Å². The Morgan fingerprint density at radius 1 is 0.673 bits per heavy atom. The molecule has 0 saturated carbocycles. The number of nitrogens with zero attached hydrogens (tertiary/aromatic N) is 1. The molecule has 0 aliphatic carbocycles. The van der Waals surface area contributed by atoms with Crippen molar-refractivity contribution < 1.29 is 28.0 Å². The van der Waals surface area contributed by atoms with Gasteiger partial charge < -0.3 is 19.3 Å². The van der Waals surface area contributed by atoms with E-state index < -0.39 is 13.6 Å². The van der Waals surface area contributed by atoms with Crippen molar-refractivity contribution in [2.75, 3.05) is 40.5 Å². The van der Waals surface area contributed by atoms with E-state index in [1.807, 2.05) is 7.05 Å². The molecule has 1 aliphatic heterocycles. The third-order valence-electron chi connectivity index (χ3n) is 9.90. The molecule has 0 spiro atoms. The Morgan fingerprint density at radius 3 is 1.54 bits per heavy atom. The Hall–Kier alpha value is -1.05. The maximum absolute atomic E-state index is 11.6. The van der Waals surface area contributed by atoms with Crippen LogP contribution < -0.4 is 0 Å². The highest BCUT2D eigenvalue weighted by Gasteiger charge is 2.40. The second kappa shape index (κ2) is 34.4. The molecule has 304 valence electrons. The first kappa shape index (κ1) is 49.0. The number of phosphoric acid groups is 1. The van der Waals surface area contributed by atoms with Crippen LogP contribution in [0.1, 0.15) is 181 Å². The van der Waals surface area contributed by atoms with E-state index in [4.69, 9.17) is 14.0 Å². The fourth-order valence-electron chi connectivity index (χ4n) is 6.66. The van der Waals surface area contributed by atoms with Gasteiger partial charge in [-0.3, -0.25) is 9.05 Å². The molecule has 0 amide bonds. The van der Waals surface area contributed by atoms with Gasteiger partial charge in [0.1, 0.15) is 0 Å². The molecule has 0 radical (unpaired) electrons. The van der Waals surface area contributed by atoms with Crippen molar-refractivity contribution in [1.82, 2.24) is 4.90 Å². The zero-order valence-corrected chi connectivity index (χ0v) is 35.2. The predicted octanol–water partition coefficient (Wildman–Crippen LogP) is 13.2. The van der Waals surface area contributed by atoms with Crippen molar-refractivity contribution in [3.05, 3.63) is 48.6 Å². The molecule has 7 nitrogen and oxygen atoms in total. The SMILES string of the molecule is CCCCC/C=C\C/C=C\CCCCCCCCC1(CCCCCCCC/C=C\C/C=C\CCCCC)OC[C@@H](CN(C)CCOP(=O)(O)OC)O1. The van der Waals surface area contributed by atoms with Crippen LogP contribution in [0.4, 0.5) is 0 Å². The maximum atomic E-state index is 11.6. The van der Waals surface area contributed by atoms with E-state index in [1.54, 1.807) is 0 Å². The summed E-state index contributed by atoms with van der Waals surface area (Å²) < 4.78 is 34.3. The lowest BCUT2D eigenvalue weighted by molar-refractivity contribution is -0.180. The molecule has 1 heterocycles. The normalized spacial score (nSPS) is 17.6. The van der Waals surface area contributed by atoms with Gasteiger partial charge in [-0.25, -0.2) is 4.57 Å². The molecule has 0 aromatic heterocycles. The third-order valence-corrected chi connectivity index (χ3v) is 10.9. The highest BCUT2D eigenvalue weighted by Crippen LogP contribution is 2.41. The van der Waals surface area contributed by atoms with Crippen molar-refractivity contribution in [3.8, 4) is 0 Å². The Bertz CT molecular complexity index is 918.